The molecule has 0 N–H and O–H groups in total. The van der Waals surface area contributed by atoms with E-state index in [0.717, 1.165) is 32.8 Å². The zero-order valence-corrected chi connectivity index (χ0v) is 13.0. The number of benzene rings is 1. The molecule has 0 saturated carbocycles. The standard InChI is InChI=1S/C15H21ClN2O3/c1-17(6-7-18-8-10-20-11-9-18)15(19)12-21-14-4-2-13(16)3-5-14/h2-5H,6-12H2,1H3. The van der Waals surface area contributed by atoms with Gasteiger partial charge in [0.15, 0.2) is 6.61 Å². The second-order valence-corrected chi connectivity index (χ2v) is 5.45. The number of rotatable bonds is 6. The molecule has 5 nitrogen and oxygen atoms in total. The summed E-state index contributed by atoms with van der Waals surface area (Å²) in [7, 11) is 1.80. The average Bonchev–Trinajstić information content (AvgIpc) is 2.52. The third kappa shape index (κ3) is 5.53. The van der Waals surface area contributed by atoms with E-state index in [-0.39, 0.29) is 12.5 Å². The summed E-state index contributed by atoms with van der Waals surface area (Å²) >= 11 is 5.80. The average molecular weight is 313 g/mol. The molecule has 21 heavy (non-hydrogen) atoms. The van der Waals surface area contributed by atoms with Crippen molar-refractivity contribution in [3.8, 4) is 5.75 Å². The maximum Gasteiger partial charge on any atom is 0.260 e. The molecule has 0 radical (unpaired) electrons. The topological polar surface area (TPSA) is 42.0 Å². The van der Waals surface area contributed by atoms with Gasteiger partial charge in [-0.2, -0.15) is 0 Å². The first-order valence-electron chi connectivity index (χ1n) is 7.07. The van der Waals surface area contributed by atoms with E-state index in [1.165, 1.54) is 0 Å². The molecule has 0 spiro atoms. The zero-order chi connectivity index (χ0) is 15.1. The SMILES string of the molecule is CN(CCN1CCOCC1)C(=O)COc1ccc(Cl)cc1. The summed E-state index contributed by atoms with van der Waals surface area (Å²) in [4.78, 5) is 16.0. The van der Waals surface area contributed by atoms with E-state index in [1.807, 2.05) is 0 Å². The summed E-state index contributed by atoms with van der Waals surface area (Å²) in [5, 5.41) is 0.649. The van der Waals surface area contributed by atoms with E-state index in [4.69, 9.17) is 21.1 Å². The van der Waals surface area contributed by atoms with E-state index >= 15 is 0 Å². The minimum Gasteiger partial charge on any atom is -0.484 e. The molecular formula is C15H21ClN2O3. The van der Waals surface area contributed by atoms with Crippen LogP contribution in [0.4, 0.5) is 0 Å². The Balaban J connectivity index is 1.68. The highest BCUT2D eigenvalue weighted by atomic mass is 35.5. The molecule has 6 heteroatoms. The fourth-order valence-corrected chi connectivity index (χ4v) is 2.15. The van der Waals surface area contributed by atoms with Crippen LogP contribution in [0.15, 0.2) is 24.3 Å². The van der Waals surface area contributed by atoms with Crippen LogP contribution in [-0.4, -0.2) is 68.8 Å². The molecule has 0 bridgehead atoms. The number of carbonyl (C=O) groups is 1. The molecule has 2 rings (SSSR count). The molecular weight excluding hydrogens is 292 g/mol. The van der Waals surface area contributed by atoms with Gasteiger partial charge in [-0.25, -0.2) is 0 Å². The highest BCUT2D eigenvalue weighted by Crippen LogP contribution is 2.15. The Kier molecular flexibility index (Phi) is 6.29. The second-order valence-electron chi connectivity index (χ2n) is 5.01. The number of hydrogen-bond donors (Lipinski definition) is 0. The predicted molar refractivity (Wildman–Crippen MR) is 81.8 cm³/mol. The summed E-state index contributed by atoms with van der Waals surface area (Å²) in [5.74, 6) is 0.618. The number of carbonyl (C=O) groups excluding carboxylic acids is 1. The molecule has 0 aromatic heterocycles. The molecule has 1 saturated heterocycles. The molecule has 0 unspecified atom stereocenters. The number of halogens is 1. The van der Waals surface area contributed by atoms with E-state index in [1.54, 1.807) is 36.2 Å². The fraction of sp³-hybridized carbons (Fsp3) is 0.533. The summed E-state index contributed by atoms with van der Waals surface area (Å²) in [5.41, 5.74) is 0. The van der Waals surface area contributed by atoms with Crippen molar-refractivity contribution in [3.63, 3.8) is 0 Å². The normalized spacial score (nSPS) is 15.7. The van der Waals surface area contributed by atoms with Crippen molar-refractivity contribution < 1.29 is 14.3 Å². The van der Waals surface area contributed by atoms with Crippen LogP contribution in [0.25, 0.3) is 0 Å². The Hall–Kier alpha value is -1.30. The molecule has 1 aromatic rings. The molecule has 116 valence electrons. The molecule has 1 fully saturated rings. The number of amides is 1. The van der Waals surface area contributed by atoms with Crippen molar-refractivity contribution >= 4 is 17.5 Å². The minimum absolute atomic E-state index is 0.0294. The first kappa shape index (κ1) is 16.1. The monoisotopic (exact) mass is 312 g/mol. The number of hydrogen-bond acceptors (Lipinski definition) is 4. The van der Waals surface area contributed by atoms with Gasteiger partial charge in [0.05, 0.1) is 13.2 Å². The summed E-state index contributed by atoms with van der Waals surface area (Å²) in [6, 6.07) is 6.99. The van der Waals surface area contributed by atoms with E-state index in [0.29, 0.717) is 17.3 Å². The lowest BCUT2D eigenvalue weighted by molar-refractivity contribution is -0.132. The lowest BCUT2D eigenvalue weighted by atomic mass is 10.3. The molecule has 1 heterocycles. The van der Waals surface area contributed by atoms with E-state index in [9.17, 15) is 4.79 Å². The maximum absolute atomic E-state index is 12.0. The Bertz CT molecular complexity index is 447. The first-order chi connectivity index (χ1) is 10.1. The van der Waals surface area contributed by atoms with Crippen molar-refractivity contribution in [1.82, 2.24) is 9.80 Å². The quantitative estimate of drug-likeness (QED) is 0.798. The molecule has 1 amide bonds. The van der Waals surface area contributed by atoms with Crippen LogP contribution < -0.4 is 4.74 Å². The van der Waals surface area contributed by atoms with Crippen LogP contribution >= 0.6 is 11.6 Å². The largest absolute Gasteiger partial charge is 0.484 e. The zero-order valence-electron chi connectivity index (χ0n) is 12.3. The number of likely N-dealkylation sites (N-methyl/N-ethyl adjacent to an activating group) is 1. The van der Waals surface area contributed by atoms with Crippen LogP contribution in [0.5, 0.6) is 5.75 Å². The highest BCUT2D eigenvalue weighted by Gasteiger charge is 2.14. The molecule has 1 aliphatic rings. The Morgan fingerprint density at radius 1 is 1.33 bits per heavy atom. The first-order valence-corrected chi connectivity index (χ1v) is 7.45. The van der Waals surface area contributed by atoms with Crippen molar-refractivity contribution in [3.05, 3.63) is 29.3 Å². The summed E-state index contributed by atoms with van der Waals surface area (Å²) in [6.07, 6.45) is 0. The third-order valence-electron chi connectivity index (χ3n) is 3.46. The van der Waals surface area contributed by atoms with Crippen LogP contribution in [0.3, 0.4) is 0 Å². The van der Waals surface area contributed by atoms with E-state index < -0.39 is 0 Å². The second kappa shape index (κ2) is 8.22. The van der Waals surface area contributed by atoms with Crippen molar-refractivity contribution in [2.45, 2.75) is 0 Å². The maximum atomic E-state index is 12.0. The minimum atomic E-state index is -0.0294. The molecule has 0 aliphatic carbocycles. The summed E-state index contributed by atoms with van der Waals surface area (Å²) < 4.78 is 10.8. The Labute approximate surface area is 130 Å². The van der Waals surface area contributed by atoms with Gasteiger partial charge >= 0.3 is 0 Å². The van der Waals surface area contributed by atoms with Crippen LogP contribution in [-0.2, 0) is 9.53 Å². The smallest absolute Gasteiger partial charge is 0.260 e. The fourth-order valence-electron chi connectivity index (χ4n) is 2.03. The van der Waals surface area contributed by atoms with Gasteiger partial charge in [0.25, 0.3) is 5.91 Å². The van der Waals surface area contributed by atoms with Gasteiger partial charge in [-0.15, -0.1) is 0 Å². The Morgan fingerprint density at radius 3 is 2.67 bits per heavy atom. The van der Waals surface area contributed by atoms with Gasteiger partial charge in [-0.05, 0) is 24.3 Å². The van der Waals surface area contributed by atoms with E-state index in [2.05, 4.69) is 4.90 Å². The third-order valence-corrected chi connectivity index (χ3v) is 3.71. The molecule has 0 atom stereocenters. The van der Waals surface area contributed by atoms with Gasteiger partial charge in [0.2, 0.25) is 0 Å². The van der Waals surface area contributed by atoms with Gasteiger partial charge in [-0.3, -0.25) is 9.69 Å². The number of morpholine rings is 1. The van der Waals surface area contributed by atoms with Crippen molar-refractivity contribution in [2.24, 2.45) is 0 Å². The molecule has 1 aliphatic heterocycles. The van der Waals surface area contributed by atoms with Crippen LogP contribution in [0.2, 0.25) is 5.02 Å². The predicted octanol–water partition coefficient (Wildman–Crippen LogP) is 1.51. The van der Waals surface area contributed by atoms with Gasteiger partial charge in [0, 0.05) is 38.2 Å². The van der Waals surface area contributed by atoms with Crippen molar-refractivity contribution in [1.29, 1.82) is 0 Å². The van der Waals surface area contributed by atoms with Gasteiger partial charge in [0.1, 0.15) is 5.75 Å². The van der Waals surface area contributed by atoms with Crippen molar-refractivity contribution in [2.75, 3.05) is 53.0 Å². The number of ether oxygens (including phenoxy) is 2. The number of nitrogens with zero attached hydrogens (tertiary/aromatic N) is 2. The highest BCUT2D eigenvalue weighted by molar-refractivity contribution is 6.30. The Morgan fingerprint density at radius 2 is 2.00 bits per heavy atom. The van der Waals surface area contributed by atoms with Gasteiger partial charge in [-0.1, -0.05) is 11.6 Å². The summed E-state index contributed by atoms with van der Waals surface area (Å²) in [6.45, 7) is 5.03. The lowest BCUT2D eigenvalue weighted by Gasteiger charge is -2.28. The lowest BCUT2D eigenvalue weighted by Crippen LogP contribution is -2.42. The molecule has 1 aromatic carbocycles. The van der Waals surface area contributed by atoms with Crippen LogP contribution in [0, 0.1) is 0 Å². The van der Waals surface area contributed by atoms with Gasteiger partial charge < -0.3 is 14.4 Å². The van der Waals surface area contributed by atoms with Crippen LogP contribution in [0.1, 0.15) is 0 Å².